The van der Waals surface area contributed by atoms with Crippen LogP contribution in [0.15, 0.2) is 72.9 Å². The quantitative estimate of drug-likeness (QED) is 0.796. The molecule has 0 saturated carbocycles. The van der Waals surface area contributed by atoms with Crippen molar-refractivity contribution in [1.29, 1.82) is 0 Å². The number of aromatic nitrogens is 1. The van der Waals surface area contributed by atoms with Crippen LogP contribution in [0.4, 0.5) is 4.39 Å². The van der Waals surface area contributed by atoms with Gasteiger partial charge in [0.05, 0.1) is 11.3 Å². The minimum absolute atomic E-state index is 0.0395. The van der Waals surface area contributed by atoms with Gasteiger partial charge in [0.2, 0.25) is 0 Å². The molecule has 3 nitrogen and oxygen atoms in total. The summed E-state index contributed by atoms with van der Waals surface area (Å²) in [5, 5.41) is 2.75. The highest BCUT2D eigenvalue weighted by molar-refractivity contribution is 5.94. The average Bonchev–Trinajstić information content (AvgIpc) is 2.61. The van der Waals surface area contributed by atoms with Crippen LogP contribution >= 0.6 is 0 Å². The summed E-state index contributed by atoms with van der Waals surface area (Å²) in [7, 11) is 0. The van der Waals surface area contributed by atoms with Gasteiger partial charge in [-0.25, -0.2) is 4.39 Å². The van der Waals surface area contributed by atoms with E-state index >= 15 is 0 Å². The highest BCUT2D eigenvalue weighted by Gasteiger charge is 2.12. The molecular weight excluding hydrogens is 291 g/mol. The molecule has 0 aliphatic rings. The topological polar surface area (TPSA) is 42.0 Å². The SMILES string of the molecule is O=C(NCc1cccnc1-c1ccccc1)c1ccccc1F. The van der Waals surface area contributed by atoms with E-state index < -0.39 is 11.7 Å². The molecule has 0 radical (unpaired) electrons. The smallest absolute Gasteiger partial charge is 0.254 e. The molecule has 4 heteroatoms. The number of hydrogen-bond acceptors (Lipinski definition) is 2. The van der Waals surface area contributed by atoms with Crippen LogP contribution in [0.5, 0.6) is 0 Å². The number of benzene rings is 2. The fourth-order valence-corrected chi connectivity index (χ4v) is 2.35. The van der Waals surface area contributed by atoms with Gasteiger partial charge in [-0.05, 0) is 23.8 Å². The highest BCUT2D eigenvalue weighted by atomic mass is 19.1. The summed E-state index contributed by atoms with van der Waals surface area (Å²) in [5.41, 5.74) is 2.70. The molecule has 1 heterocycles. The first-order valence-electron chi connectivity index (χ1n) is 7.28. The Kier molecular flexibility index (Phi) is 4.43. The number of amides is 1. The first-order chi connectivity index (χ1) is 11.3. The summed E-state index contributed by atoms with van der Waals surface area (Å²) < 4.78 is 13.6. The van der Waals surface area contributed by atoms with Gasteiger partial charge in [-0.2, -0.15) is 0 Å². The number of nitrogens with one attached hydrogen (secondary N) is 1. The van der Waals surface area contributed by atoms with Gasteiger partial charge in [-0.1, -0.05) is 48.5 Å². The number of pyridine rings is 1. The number of halogens is 1. The van der Waals surface area contributed by atoms with Gasteiger partial charge >= 0.3 is 0 Å². The second-order valence-corrected chi connectivity index (χ2v) is 5.04. The molecule has 23 heavy (non-hydrogen) atoms. The van der Waals surface area contributed by atoms with Crippen molar-refractivity contribution in [3.8, 4) is 11.3 Å². The van der Waals surface area contributed by atoms with Crippen molar-refractivity contribution in [3.63, 3.8) is 0 Å². The molecule has 0 bridgehead atoms. The normalized spacial score (nSPS) is 10.3. The van der Waals surface area contributed by atoms with Crippen LogP contribution in [0.3, 0.4) is 0 Å². The van der Waals surface area contributed by atoms with Gasteiger partial charge in [0, 0.05) is 18.3 Å². The lowest BCUT2D eigenvalue weighted by Gasteiger charge is -2.10. The Morgan fingerprint density at radius 2 is 1.70 bits per heavy atom. The van der Waals surface area contributed by atoms with E-state index in [0.29, 0.717) is 0 Å². The second kappa shape index (κ2) is 6.83. The molecule has 0 aliphatic heterocycles. The van der Waals surface area contributed by atoms with E-state index in [9.17, 15) is 9.18 Å². The first kappa shape index (κ1) is 14.9. The van der Waals surface area contributed by atoms with Crippen LogP contribution in [-0.4, -0.2) is 10.9 Å². The summed E-state index contributed by atoms with van der Waals surface area (Å²) in [6, 6.07) is 19.4. The molecule has 2 aromatic carbocycles. The lowest BCUT2D eigenvalue weighted by atomic mass is 10.1. The molecule has 0 saturated heterocycles. The summed E-state index contributed by atoms with van der Waals surface area (Å²) >= 11 is 0. The van der Waals surface area contributed by atoms with E-state index in [1.165, 1.54) is 12.1 Å². The van der Waals surface area contributed by atoms with Crippen LogP contribution < -0.4 is 5.32 Å². The highest BCUT2D eigenvalue weighted by Crippen LogP contribution is 2.20. The van der Waals surface area contributed by atoms with Gasteiger partial charge in [0.15, 0.2) is 0 Å². The van der Waals surface area contributed by atoms with Gasteiger partial charge in [0.25, 0.3) is 5.91 Å². The molecular formula is C19H15FN2O. The van der Waals surface area contributed by atoms with Crippen LogP contribution in [0.25, 0.3) is 11.3 Å². The zero-order chi connectivity index (χ0) is 16.1. The monoisotopic (exact) mass is 306 g/mol. The Balaban J connectivity index is 1.79. The predicted molar refractivity (Wildman–Crippen MR) is 87.2 cm³/mol. The molecule has 0 fully saturated rings. The van der Waals surface area contributed by atoms with Crippen LogP contribution in [0, 0.1) is 5.82 Å². The van der Waals surface area contributed by atoms with Crippen molar-refractivity contribution in [2.75, 3.05) is 0 Å². The summed E-state index contributed by atoms with van der Waals surface area (Å²) in [5.74, 6) is -0.967. The summed E-state index contributed by atoms with van der Waals surface area (Å²) in [6.07, 6.45) is 1.71. The molecule has 1 amide bonds. The lowest BCUT2D eigenvalue weighted by molar-refractivity contribution is 0.0947. The van der Waals surface area contributed by atoms with E-state index in [4.69, 9.17) is 0 Å². The Hall–Kier alpha value is -3.01. The van der Waals surface area contributed by atoms with Gasteiger partial charge in [-0.3, -0.25) is 9.78 Å². The third-order valence-electron chi connectivity index (χ3n) is 3.50. The Labute approximate surface area is 133 Å². The summed E-state index contributed by atoms with van der Waals surface area (Å²) in [4.78, 5) is 16.5. The number of rotatable bonds is 4. The number of nitrogens with zero attached hydrogens (tertiary/aromatic N) is 1. The maximum Gasteiger partial charge on any atom is 0.254 e. The van der Waals surface area contributed by atoms with E-state index in [-0.39, 0.29) is 12.1 Å². The van der Waals surface area contributed by atoms with Crippen molar-refractivity contribution in [2.24, 2.45) is 0 Å². The molecule has 114 valence electrons. The Morgan fingerprint density at radius 1 is 0.957 bits per heavy atom. The van der Waals surface area contributed by atoms with Crippen LogP contribution in [0.2, 0.25) is 0 Å². The van der Waals surface area contributed by atoms with Crippen LogP contribution in [-0.2, 0) is 6.54 Å². The van der Waals surface area contributed by atoms with Crippen molar-refractivity contribution in [2.45, 2.75) is 6.54 Å². The van der Waals surface area contributed by atoms with Gasteiger partial charge < -0.3 is 5.32 Å². The Bertz CT molecular complexity index is 818. The van der Waals surface area contributed by atoms with E-state index in [2.05, 4.69) is 10.3 Å². The largest absolute Gasteiger partial charge is 0.348 e. The fraction of sp³-hybridized carbons (Fsp3) is 0.0526. The van der Waals surface area contributed by atoms with E-state index in [0.717, 1.165) is 16.8 Å². The fourth-order valence-electron chi connectivity index (χ4n) is 2.35. The molecule has 0 atom stereocenters. The van der Waals surface area contributed by atoms with E-state index in [1.54, 1.807) is 18.3 Å². The van der Waals surface area contributed by atoms with Crippen molar-refractivity contribution in [3.05, 3.63) is 89.9 Å². The maximum absolute atomic E-state index is 13.6. The third-order valence-corrected chi connectivity index (χ3v) is 3.50. The zero-order valence-corrected chi connectivity index (χ0v) is 12.4. The second-order valence-electron chi connectivity index (χ2n) is 5.04. The van der Waals surface area contributed by atoms with Gasteiger partial charge in [0.1, 0.15) is 5.82 Å². The standard InChI is InChI=1S/C19H15FN2O/c20-17-11-5-4-10-16(17)19(23)22-13-15-9-6-12-21-18(15)14-7-2-1-3-8-14/h1-12H,13H2,(H,22,23). The van der Waals surface area contributed by atoms with Crippen molar-refractivity contribution in [1.82, 2.24) is 10.3 Å². The molecule has 3 aromatic rings. The number of carbonyl (C=O) groups is 1. The third kappa shape index (κ3) is 3.43. The molecule has 0 spiro atoms. The molecule has 1 N–H and O–H groups in total. The predicted octanol–water partition coefficient (Wildman–Crippen LogP) is 3.82. The minimum Gasteiger partial charge on any atom is -0.348 e. The zero-order valence-electron chi connectivity index (χ0n) is 12.4. The average molecular weight is 306 g/mol. The van der Waals surface area contributed by atoms with Crippen molar-refractivity contribution >= 4 is 5.91 Å². The molecule has 0 unspecified atom stereocenters. The maximum atomic E-state index is 13.6. The summed E-state index contributed by atoms with van der Waals surface area (Å²) in [6.45, 7) is 0.283. The van der Waals surface area contributed by atoms with Crippen LogP contribution in [0.1, 0.15) is 15.9 Å². The number of carbonyl (C=O) groups excluding carboxylic acids is 1. The molecule has 3 rings (SSSR count). The van der Waals surface area contributed by atoms with Gasteiger partial charge in [-0.15, -0.1) is 0 Å². The lowest BCUT2D eigenvalue weighted by Crippen LogP contribution is -2.24. The molecule has 1 aromatic heterocycles. The Morgan fingerprint density at radius 3 is 2.48 bits per heavy atom. The minimum atomic E-state index is -0.528. The van der Waals surface area contributed by atoms with Crippen molar-refractivity contribution < 1.29 is 9.18 Å². The van der Waals surface area contributed by atoms with E-state index in [1.807, 2.05) is 42.5 Å². The molecule has 0 aliphatic carbocycles. The number of hydrogen-bond donors (Lipinski definition) is 1. The first-order valence-corrected chi connectivity index (χ1v) is 7.28.